The molecule has 0 aliphatic rings. The van der Waals surface area contributed by atoms with Gasteiger partial charge in [0.2, 0.25) is 0 Å². The van der Waals surface area contributed by atoms with Crippen molar-refractivity contribution < 1.29 is 19.4 Å². The Morgan fingerprint density at radius 3 is 2.12 bits per heavy atom. The summed E-state index contributed by atoms with van der Waals surface area (Å²) >= 11 is 6.03. The molecular formula is C20H31ClO4. The average Bonchev–Trinajstić information content (AvgIpc) is 2.61. The predicted octanol–water partition coefficient (Wildman–Crippen LogP) is 6.13. The molecule has 0 spiro atoms. The summed E-state index contributed by atoms with van der Waals surface area (Å²) in [4.78, 5) is 12.0. The van der Waals surface area contributed by atoms with Gasteiger partial charge in [-0.25, -0.2) is 4.79 Å². The minimum atomic E-state index is -0.515. The van der Waals surface area contributed by atoms with E-state index in [2.05, 4.69) is 6.92 Å². The van der Waals surface area contributed by atoms with E-state index in [9.17, 15) is 9.90 Å². The number of phenolic OH excluding ortho intramolecular Hbond substituents is 1. The highest BCUT2D eigenvalue weighted by Crippen LogP contribution is 2.32. The predicted molar refractivity (Wildman–Crippen MR) is 102 cm³/mol. The van der Waals surface area contributed by atoms with Crippen molar-refractivity contribution in [3.05, 3.63) is 22.7 Å². The van der Waals surface area contributed by atoms with Crippen molar-refractivity contribution in [3.63, 3.8) is 0 Å². The molecule has 0 unspecified atom stereocenters. The van der Waals surface area contributed by atoms with Gasteiger partial charge in [-0.3, -0.25) is 0 Å². The Balaban J connectivity index is 2.14. The van der Waals surface area contributed by atoms with E-state index in [0.29, 0.717) is 6.61 Å². The molecule has 5 heteroatoms. The Labute approximate surface area is 156 Å². The number of halogens is 1. The van der Waals surface area contributed by atoms with E-state index in [1.165, 1.54) is 70.6 Å². The lowest BCUT2D eigenvalue weighted by molar-refractivity contribution is 0.0497. The minimum absolute atomic E-state index is 0.127. The highest BCUT2D eigenvalue weighted by Gasteiger charge is 2.16. The number of carbonyl (C=O) groups is 1. The Hall–Kier alpha value is -1.42. The lowest BCUT2D eigenvalue weighted by atomic mass is 10.1. The average molecular weight is 371 g/mol. The van der Waals surface area contributed by atoms with E-state index in [-0.39, 0.29) is 22.1 Å². The summed E-state index contributed by atoms with van der Waals surface area (Å²) in [6.45, 7) is 2.61. The number of phenols is 1. The standard InChI is InChI=1S/C20H31ClO4/c1-3-4-5-6-7-8-9-10-11-12-13-25-20(23)16-14-18(22)19(24-2)15-17(16)21/h14-15,22H,3-13H2,1-2H3. The number of methoxy groups -OCH3 is 1. The Morgan fingerprint density at radius 2 is 1.56 bits per heavy atom. The number of esters is 1. The third-order valence-corrected chi connectivity index (χ3v) is 4.53. The van der Waals surface area contributed by atoms with E-state index in [1.807, 2.05) is 0 Å². The summed E-state index contributed by atoms with van der Waals surface area (Å²) in [6.07, 6.45) is 12.3. The van der Waals surface area contributed by atoms with E-state index in [4.69, 9.17) is 21.1 Å². The third kappa shape index (κ3) is 8.48. The Kier molecular flexibility index (Phi) is 11.1. The van der Waals surface area contributed by atoms with Crippen molar-refractivity contribution in [1.29, 1.82) is 0 Å². The van der Waals surface area contributed by atoms with Gasteiger partial charge in [0.15, 0.2) is 11.5 Å². The second-order valence-corrected chi connectivity index (χ2v) is 6.73. The SMILES string of the molecule is CCCCCCCCCCCCOC(=O)c1cc(O)c(OC)cc1Cl. The number of hydrogen-bond donors (Lipinski definition) is 1. The number of unbranched alkanes of at least 4 members (excludes halogenated alkanes) is 9. The molecule has 0 aromatic heterocycles. The highest BCUT2D eigenvalue weighted by atomic mass is 35.5. The van der Waals surface area contributed by atoms with Crippen LogP contribution in [0.2, 0.25) is 5.02 Å². The minimum Gasteiger partial charge on any atom is -0.504 e. The first-order valence-corrected chi connectivity index (χ1v) is 9.71. The van der Waals surface area contributed by atoms with Crippen molar-refractivity contribution in [3.8, 4) is 11.5 Å². The van der Waals surface area contributed by atoms with E-state index >= 15 is 0 Å². The van der Waals surface area contributed by atoms with Crippen LogP contribution in [0.1, 0.15) is 81.5 Å². The fourth-order valence-corrected chi connectivity index (χ4v) is 2.93. The van der Waals surface area contributed by atoms with Crippen molar-refractivity contribution >= 4 is 17.6 Å². The van der Waals surface area contributed by atoms with Gasteiger partial charge in [-0.05, 0) is 12.5 Å². The third-order valence-electron chi connectivity index (χ3n) is 4.22. The molecule has 0 aliphatic heterocycles. The van der Waals surface area contributed by atoms with Gasteiger partial charge in [-0.1, -0.05) is 76.3 Å². The van der Waals surface area contributed by atoms with Gasteiger partial charge in [0.05, 0.1) is 24.3 Å². The smallest absolute Gasteiger partial charge is 0.339 e. The summed E-state index contributed by atoms with van der Waals surface area (Å²) in [5.41, 5.74) is 0.159. The molecule has 1 aromatic carbocycles. The van der Waals surface area contributed by atoms with Crippen LogP contribution in [0.4, 0.5) is 0 Å². The molecule has 1 rings (SSSR count). The number of ether oxygens (including phenoxy) is 2. The number of hydrogen-bond acceptors (Lipinski definition) is 4. The first-order chi connectivity index (χ1) is 12.1. The molecule has 1 N–H and O–H groups in total. The fraction of sp³-hybridized carbons (Fsp3) is 0.650. The normalized spacial score (nSPS) is 10.7. The highest BCUT2D eigenvalue weighted by molar-refractivity contribution is 6.33. The van der Waals surface area contributed by atoms with Gasteiger partial charge in [0.25, 0.3) is 0 Å². The molecule has 0 saturated carbocycles. The number of aromatic hydroxyl groups is 1. The van der Waals surface area contributed by atoms with Gasteiger partial charge in [0.1, 0.15) is 0 Å². The molecule has 25 heavy (non-hydrogen) atoms. The van der Waals surface area contributed by atoms with Crippen LogP contribution in [-0.2, 0) is 4.74 Å². The molecule has 0 fully saturated rings. The van der Waals surface area contributed by atoms with Crippen molar-refractivity contribution in [1.82, 2.24) is 0 Å². The summed E-state index contributed by atoms with van der Waals surface area (Å²) in [5.74, 6) is -0.409. The zero-order valence-electron chi connectivity index (χ0n) is 15.5. The number of benzene rings is 1. The van der Waals surface area contributed by atoms with Crippen LogP contribution in [0, 0.1) is 0 Å². The molecule has 4 nitrogen and oxygen atoms in total. The van der Waals surface area contributed by atoms with Gasteiger partial charge in [-0.2, -0.15) is 0 Å². The van der Waals surface area contributed by atoms with Gasteiger partial charge in [0, 0.05) is 6.07 Å². The summed E-state index contributed by atoms with van der Waals surface area (Å²) < 4.78 is 10.2. The second kappa shape index (κ2) is 12.9. The lowest BCUT2D eigenvalue weighted by Crippen LogP contribution is -2.07. The van der Waals surface area contributed by atoms with Crippen molar-refractivity contribution in [2.45, 2.75) is 71.1 Å². The largest absolute Gasteiger partial charge is 0.504 e. The molecule has 1 aromatic rings. The molecule has 0 atom stereocenters. The van der Waals surface area contributed by atoms with Crippen LogP contribution >= 0.6 is 11.6 Å². The first-order valence-electron chi connectivity index (χ1n) is 9.33. The maximum atomic E-state index is 12.0. The summed E-state index contributed by atoms with van der Waals surface area (Å²) in [6, 6.07) is 2.69. The monoisotopic (exact) mass is 370 g/mol. The van der Waals surface area contributed by atoms with E-state index in [0.717, 1.165) is 12.8 Å². The molecule has 0 heterocycles. The quantitative estimate of drug-likeness (QED) is 0.335. The molecule has 0 radical (unpaired) electrons. The Morgan fingerprint density at radius 1 is 1.00 bits per heavy atom. The van der Waals surface area contributed by atoms with Crippen LogP contribution in [0.3, 0.4) is 0 Å². The molecular weight excluding hydrogens is 340 g/mol. The van der Waals surface area contributed by atoms with E-state index in [1.54, 1.807) is 0 Å². The van der Waals surface area contributed by atoms with Crippen LogP contribution in [-0.4, -0.2) is 24.8 Å². The topological polar surface area (TPSA) is 55.8 Å². The van der Waals surface area contributed by atoms with Gasteiger partial charge >= 0.3 is 5.97 Å². The van der Waals surface area contributed by atoms with Crippen LogP contribution < -0.4 is 4.74 Å². The summed E-state index contributed by atoms with van der Waals surface area (Å²) in [7, 11) is 1.43. The first kappa shape index (κ1) is 21.6. The number of rotatable bonds is 13. The number of carbonyl (C=O) groups excluding carboxylic acids is 1. The molecule has 142 valence electrons. The Bertz CT molecular complexity index is 517. The molecule has 0 aliphatic carbocycles. The second-order valence-electron chi connectivity index (χ2n) is 6.32. The van der Waals surface area contributed by atoms with Gasteiger partial charge < -0.3 is 14.6 Å². The van der Waals surface area contributed by atoms with Gasteiger partial charge in [-0.15, -0.1) is 0 Å². The summed E-state index contributed by atoms with van der Waals surface area (Å²) in [5, 5.41) is 9.94. The van der Waals surface area contributed by atoms with Crippen molar-refractivity contribution in [2.24, 2.45) is 0 Å². The molecule has 0 bridgehead atoms. The zero-order valence-corrected chi connectivity index (χ0v) is 16.2. The maximum Gasteiger partial charge on any atom is 0.339 e. The van der Waals surface area contributed by atoms with Crippen molar-refractivity contribution in [2.75, 3.05) is 13.7 Å². The molecule has 0 amide bonds. The molecule has 0 saturated heterocycles. The van der Waals surface area contributed by atoms with Crippen LogP contribution in [0.5, 0.6) is 11.5 Å². The lowest BCUT2D eigenvalue weighted by Gasteiger charge is -2.09. The van der Waals surface area contributed by atoms with E-state index < -0.39 is 5.97 Å². The fourth-order valence-electron chi connectivity index (χ4n) is 2.70. The van der Waals surface area contributed by atoms with Crippen LogP contribution in [0.25, 0.3) is 0 Å². The maximum absolute atomic E-state index is 12.0. The zero-order chi connectivity index (χ0) is 18.5. The van der Waals surface area contributed by atoms with Crippen LogP contribution in [0.15, 0.2) is 12.1 Å².